The summed E-state index contributed by atoms with van der Waals surface area (Å²) in [6.45, 7) is 4.74. The summed E-state index contributed by atoms with van der Waals surface area (Å²) in [6, 6.07) is 9.00. The van der Waals surface area contributed by atoms with Gasteiger partial charge in [-0.2, -0.15) is 0 Å². The second kappa shape index (κ2) is 9.99. The van der Waals surface area contributed by atoms with Crippen molar-refractivity contribution in [1.29, 1.82) is 0 Å². The van der Waals surface area contributed by atoms with Crippen molar-refractivity contribution < 1.29 is 5.11 Å². The number of nitrogens with zero attached hydrogens (tertiary/aromatic N) is 5. The molecule has 5 rings (SSSR count). The molecule has 0 radical (unpaired) electrons. The summed E-state index contributed by atoms with van der Waals surface area (Å²) >= 11 is 3.39. The van der Waals surface area contributed by atoms with Crippen LogP contribution in [0.15, 0.2) is 41.1 Å². The molecule has 0 bridgehead atoms. The van der Waals surface area contributed by atoms with Crippen molar-refractivity contribution in [3.05, 3.63) is 57.8 Å². The van der Waals surface area contributed by atoms with Crippen LogP contribution in [0, 0.1) is 13.8 Å². The molecule has 3 aromatic heterocycles. The highest BCUT2D eigenvalue weighted by Crippen LogP contribution is 2.33. The molecule has 174 valence electrons. The van der Waals surface area contributed by atoms with Crippen LogP contribution >= 0.6 is 23.1 Å². The molecule has 33 heavy (non-hydrogen) atoms. The number of aromatic nitrogens is 5. The van der Waals surface area contributed by atoms with Crippen molar-refractivity contribution >= 4 is 34.1 Å². The van der Waals surface area contributed by atoms with Gasteiger partial charge in [0.15, 0.2) is 5.16 Å². The lowest BCUT2D eigenvalue weighted by Gasteiger charge is -2.25. The van der Waals surface area contributed by atoms with E-state index >= 15 is 0 Å². The molecule has 0 saturated heterocycles. The third kappa shape index (κ3) is 5.03. The lowest BCUT2D eigenvalue weighted by molar-refractivity contribution is 0.179. The Kier molecular flexibility index (Phi) is 6.85. The number of thioether (sulfide) groups is 1. The van der Waals surface area contributed by atoms with Crippen molar-refractivity contribution in [3.63, 3.8) is 0 Å². The molecule has 1 aliphatic rings. The lowest BCUT2D eigenvalue weighted by atomic mass is 9.95. The van der Waals surface area contributed by atoms with Gasteiger partial charge in [0, 0.05) is 23.1 Å². The summed E-state index contributed by atoms with van der Waals surface area (Å²) < 4.78 is 4.43. The van der Waals surface area contributed by atoms with Gasteiger partial charge < -0.3 is 14.2 Å². The molecule has 1 aliphatic carbocycles. The first kappa shape index (κ1) is 22.6. The van der Waals surface area contributed by atoms with Gasteiger partial charge in [-0.15, -0.1) is 21.5 Å². The van der Waals surface area contributed by atoms with Gasteiger partial charge in [0.1, 0.15) is 5.82 Å². The van der Waals surface area contributed by atoms with E-state index in [0.717, 1.165) is 28.4 Å². The third-order valence-electron chi connectivity index (χ3n) is 6.64. The number of hydrogen-bond donors (Lipinski definition) is 1. The predicted octanol–water partition coefficient (Wildman–Crippen LogP) is 5.56. The van der Waals surface area contributed by atoms with E-state index in [1.807, 2.05) is 6.33 Å². The average molecular weight is 482 g/mol. The zero-order chi connectivity index (χ0) is 22.8. The Morgan fingerprint density at radius 3 is 2.76 bits per heavy atom. The molecule has 0 amide bonds. The lowest BCUT2D eigenvalue weighted by Crippen LogP contribution is -2.20. The maximum Gasteiger partial charge on any atom is 0.191 e. The van der Waals surface area contributed by atoms with Gasteiger partial charge in [-0.05, 0) is 61.4 Å². The van der Waals surface area contributed by atoms with Gasteiger partial charge in [0.25, 0.3) is 0 Å². The van der Waals surface area contributed by atoms with Crippen LogP contribution in [0.4, 0.5) is 0 Å². The molecule has 1 atom stereocenters. The largest absolute Gasteiger partial charge is 0.390 e. The van der Waals surface area contributed by atoms with E-state index in [2.05, 4.69) is 67.8 Å². The summed E-state index contributed by atoms with van der Waals surface area (Å²) in [5.74, 6) is 1.63. The Balaban J connectivity index is 1.30. The van der Waals surface area contributed by atoms with E-state index in [4.69, 9.17) is 0 Å². The minimum Gasteiger partial charge on any atom is -0.390 e. The molecule has 1 unspecified atom stereocenters. The molecule has 1 saturated carbocycles. The fraction of sp³-hybridized carbons (Fsp3) is 0.480. The fourth-order valence-electron chi connectivity index (χ4n) is 4.71. The van der Waals surface area contributed by atoms with Crippen molar-refractivity contribution in [2.75, 3.05) is 5.75 Å². The molecule has 4 aromatic rings. The molecule has 1 N–H and O–H groups in total. The molecule has 1 aromatic carbocycles. The standard InChI is InChI=1S/C25H31N5OS2/c1-17-11-22-23(12-18(17)2)29(16-26-22)14-20(31)15-33-25-28-27-24(13-21-9-6-10-32-21)30(25)19-7-4-3-5-8-19/h6,9-12,16,19-20,31H,3-5,7-8,13-15H2,1-2H3. The van der Waals surface area contributed by atoms with Crippen LogP contribution in [0.2, 0.25) is 0 Å². The first-order valence-corrected chi connectivity index (χ1v) is 13.6. The van der Waals surface area contributed by atoms with E-state index in [9.17, 15) is 5.11 Å². The van der Waals surface area contributed by atoms with E-state index in [0.29, 0.717) is 18.3 Å². The van der Waals surface area contributed by atoms with E-state index in [-0.39, 0.29) is 0 Å². The summed E-state index contributed by atoms with van der Waals surface area (Å²) in [5, 5.41) is 23.1. The number of aryl methyl sites for hydroxylation is 2. The van der Waals surface area contributed by atoms with Crippen molar-refractivity contribution in [2.45, 2.75) is 76.2 Å². The van der Waals surface area contributed by atoms with Crippen LogP contribution in [-0.4, -0.2) is 41.3 Å². The quantitative estimate of drug-likeness (QED) is 0.334. The first-order valence-electron chi connectivity index (χ1n) is 11.8. The maximum atomic E-state index is 10.9. The molecular formula is C25H31N5OS2. The van der Waals surface area contributed by atoms with Crippen LogP contribution < -0.4 is 0 Å². The normalized spacial score (nSPS) is 16.0. The van der Waals surface area contributed by atoms with Gasteiger partial charge in [-0.1, -0.05) is 37.1 Å². The van der Waals surface area contributed by atoms with Crippen LogP contribution in [0.25, 0.3) is 11.0 Å². The Bertz CT molecular complexity index is 1210. The average Bonchev–Trinajstić information content (AvgIpc) is 3.55. The number of benzene rings is 1. The Morgan fingerprint density at radius 2 is 1.97 bits per heavy atom. The number of aliphatic hydroxyl groups excluding tert-OH is 1. The number of rotatable bonds is 8. The number of thiophene rings is 1. The van der Waals surface area contributed by atoms with E-state index < -0.39 is 6.10 Å². The van der Waals surface area contributed by atoms with Crippen molar-refractivity contribution in [2.24, 2.45) is 0 Å². The number of hydrogen-bond acceptors (Lipinski definition) is 6. The monoisotopic (exact) mass is 481 g/mol. The van der Waals surface area contributed by atoms with Crippen LogP contribution in [-0.2, 0) is 13.0 Å². The van der Waals surface area contributed by atoms with Crippen LogP contribution in [0.1, 0.15) is 60.0 Å². The zero-order valence-corrected chi connectivity index (χ0v) is 20.9. The highest BCUT2D eigenvalue weighted by atomic mass is 32.2. The summed E-state index contributed by atoms with van der Waals surface area (Å²) in [5.41, 5.74) is 4.54. The number of imidazole rings is 1. The van der Waals surface area contributed by atoms with Crippen LogP contribution in [0.5, 0.6) is 0 Å². The fourth-order valence-corrected chi connectivity index (χ4v) is 6.35. The van der Waals surface area contributed by atoms with Gasteiger partial charge in [-0.25, -0.2) is 4.98 Å². The molecule has 3 heterocycles. The molecule has 0 spiro atoms. The van der Waals surface area contributed by atoms with E-state index in [1.54, 1.807) is 23.1 Å². The Hall–Kier alpha value is -2.16. The third-order valence-corrected chi connectivity index (χ3v) is 8.60. The van der Waals surface area contributed by atoms with Gasteiger partial charge in [0.2, 0.25) is 0 Å². The van der Waals surface area contributed by atoms with Gasteiger partial charge in [0.05, 0.1) is 30.0 Å². The highest BCUT2D eigenvalue weighted by molar-refractivity contribution is 7.99. The molecule has 6 nitrogen and oxygen atoms in total. The second-order valence-corrected chi connectivity index (χ2v) is 11.1. The molecular weight excluding hydrogens is 450 g/mol. The molecule has 1 fully saturated rings. The Morgan fingerprint density at radius 1 is 1.15 bits per heavy atom. The molecule has 0 aliphatic heterocycles. The zero-order valence-electron chi connectivity index (χ0n) is 19.3. The SMILES string of the molecule is Cc1cc2ncn(CC(O)CSc3nnc(Cc4cccs4)n3C3CCCCC3)c2cc1C. The minimum absolute atomic E-state index is 0.465. The topological polar surface area (TPSA) is 68.8 Å². The van der Waals surface area contributed by atoms with Gasteiger partial charge in [-0.3, -0.25) is 0 Å². The minimum atomic E-state index is -0.494. The number of fused-ring (bicyclic) bond motifs is 1. The summed E-state index contributed by atoms with van der Waals surface area (Å²) in [4.78, 5) is 5.84. The van der Waals surface area contributed by atoms with Crippen LogP contribution in [0.3, 0.4) is 0 Å². The maximum absolute atomic E-state index is 10.9. The molecule has 8 heteroatoms. The summed E-state index contributed by atoms with van der Waals surface area (Å²) in [7, 11) is 0. The summed E-state index contributed by atoms with van der Waals surface area (Å²) in [6.07, 6.45) is 8.38. The van der Waals surface area contributed by atoms with Gasteiger partial charge >= 0.3 is 0 Å². The first-order chi connectivity index (χ1) is 16.1. The smallest absolute Gasteiger partial charge is 0.191 e. The highest BCUT2D eigenvalue weighted by Gasteiger charge is 2.24. The van der Waals surface area contributed by atoms with Crippen molar-refractivity contribution in [1.82, 2.24) is 24.3 Å². The van der Waals surface area contributed by atoms with Crippen molar-refractivity contribution in [3.8, 4) is 0 Å². The second-order valence-electron chi connectivity index (χ2n) is 9.10. The predicted molar refractivity (Wildman–Crippen MR) is 135 cm³/mol. The Labute approximate surface area is 203 Å². The van der Waals surface area contributed by atoms with E-state index in [1.165, 1.54) is 48.1 Å². The number of aliphatic hydroxyl groups is 1.